The van der Waals surface area contributed by atoms with Crippen LogP contribution in [0.25, 0.3) is 11.1 Å². The number of halogens is 1. The van der Waals surface area contributed by atoms with Crippen molar-refractivity contribution in [2.75, 3.05) is 6.54 Å². The van der Waals surface area contributed by atoms with Crippen molar-refractivity contribution >= 4 is 23.8 Å². The summed E-state index contributed by atoms with van der Waals surface area (Å²) < 4.78 is 15.3. The van der Waals surface area contributed by atoms with Crippen molar-refractivity contribution in [3.05, 3.63) is 89.0 Å². The number of urea groups is 1. The van der Waals surface area contributed by atoms with Crippen molar-refractivity contribution in [3.63, 3.8) is 0 Å². The van der Waals surface area contributed by atoms with Gasteiger partial charge in [-0.15, -0.1) is 0 Å². The Kier molecular flexibility index (Phi) is 7.33. The zero-order valence-corrected chi connectivity index (χ0v) is 23.8. The minimum atomic E-state index is -1.22. The molecule has 1 aromatic heterocycles. The number of hydrogen-bond acceptors (Lipinski definition) is 5. The predicted molar refractivity (Wildman–Crippen MR) is 154 cm³/mol. The molecule has 2 aromatic carbocycles. The molecule has 0 bridgehead atoms. The van der Waals surface area contributed by atoms with Gasteiger partial charge in [0.1, 0.15) is 17.9 Å². The average molecular weight is 586 g/mol. The monoisotopic (exact) mass is 585 g/mol. The van der Waals surface area contributed by atoms with Crippen LogP contribution in [-0.2, 0) is 39.9 Å². The number of carboxylic acids is 1. The van der Waals surface area contributed by atoms with Gasteiger partial charge in [-0.1, -0.05) is 35.9 Å². The Bertz CT molecular complexity index is 1640. The number of aromatic nitrogens is 2. The van der Waals surface area contributed by atoms with Gasteiger partial charge in [0, 0.05) is 37.5 Å². The zero-order valence-electron chi connectivity index (χ0n) is 23.8. The van der Waals surface area contributed by atoms with Gasteiger partial charge in [-0.25, -0.2) is 14.0 Å². The number of amides is 4. The average Bonchev–Trinajstić information content (AvgIpc) is 3.65. The second-order valence-corrected chi connectivity index (χ2v) is 11.5. The summed E-state index contributed by atoms with van der Waals surface area (Å²) in [6.07, 6.45) is 8.03. The molecule has 0 radical (unpaired) electrons. The molecule has 1 aliphatic heterocycles. The largest absolute Gasteiger partial charge is 0.478 e. The third-order valence-electron chi connectivity index (χ3n) is 8.79. The van der Waals surface area contributed by atoms with Crippen molar-refractivity contribution in [3.8, 4) is 11.1 Å². The Labute approximate surface area is 247 Å². The van der Waals surface area contributed by atoms with E-state index in [0.29, 0.717) is 44.1 Å². The lowest BCUT2D eigenvalue weighted by molar-refractivity contribution is -0.141. The minimum absolute atomic E-state index is 0.177. The molecular weight excluding hydrogens is 553 g/mol. The van der Waals surface area contributed by atoms with E-state index in [2.05, 4.69) is 10.4 Å². The van der Waals surface area contributed by atoms with E-state index in [9.17, 15) is 23.6 Å². The number of imide groups is 1. The van der Waals surface area contributed by atoms with Crippen molar-refractivity contribution < 1.29 is 28.7 Å². The molecule has 43 heavy (non-hydrogen) atoms. The van der Waals surface area contributed by atoms with Gasteiger partial charge < -0.3 is 15.3 Å². The summed E-state index contributed by atoms with van der Waals surface area (Å²) in [5.41, 5.74) is 3.93. The van der Waals surface area contributed by atoms with Gasteiger partial charge in [0.2, 0.25) is 5.91 Å². The Morgan fingerprint density at radius 3 is 2.53 bits per heavy atom. The SMILES string of the molecule is Cn1cc(-c2ccc3c(c2)CC[C@]32NC(=O)N(CC(=O)N(Cc3ccc(F)cc3)C3CCC(=CC(=O)O)CC3)C2=O)cn1. The van der Waals surface area contributed by atoms with Crippen LogP contribution in [0.3, 0.4) is 0 Å². The second-order valence-electron chi connectivity index (χ2n) is 11.5. The normalized spacial score (nSPS) is 21.2. The number of aliphatic carboxylic acids is 1. The number of nitrogens with one attached hydrogen (secondary N) is 1. The molecule has 2 N–H and O–H groups in total. The Hall–Kier alpha value is -4.80. The maximum atomic E-state index is 13.9. The standard InChI is InChI=1S/C32H32FN5O5/c1-36-18-24(16-34-36)22-6-11-27-23(15-22)12-13-32(27)30(42)38(31(43)35-32)19-28(39)37(17-21-2-7-25(33)8-3-21)26-9-4-20(5-10-26)14-29(40)41/h2-3,6-8,11,14-16,18,26H,4-5,9-10,12-13,17,19H2,1H3,(H,35,43)(H,40,41)/t26?,32-/m0/s1. The molecule has 2 aliphatic carbocycles. The number of benzene rings is 2. The van der Waals surface area contributed by atoms with E-state index in [1.54, 1.807) is 27.9 Å². The van der Waals surface area contributed by atoms with Gasteiger partial charge >= 0.3 is 12.0 Å². The first-order valence-electron chi connectivity index (χ1n) is 14.4. The van der Waals surface area contributed by atoms with Crippen LogP contribution in [0.2, 0.25) is 0 Å². The van der Waals surface area contributed by atoms with E-state index in [-0.39, 0.29) is 12.6 Å². The van der Waals surface area contributed by atoms with Gasteiger partial charge in [0.25, 0.3) is 5.91 Å². The zero-order chi connectivity index (χ0) is 30.3. The van der Waals surface area contributed by atoms with Crippen molar-refractivity contribution in [2.24, 2.45) is 7.05 Å². The van der Waals surface area contributed by atoms with E-state index < -0.39 is 41.7 Å². The molecule has 6 rings (SSSR count). The van der Waals surface area contributed by atoms with Gasteiger partial charge in [0.15, 0.2) is 0 Å². The molecule has 222 valence electrons. The lowest BCUT2D eigenvalue weighted by Gasteiger charge is -2.36. The molecular formula is C32H32FN5O5. The number of carbonyl (C=O) groups is 4. The summed E-state index contributed by atoms with van der Waals surface area (Å²) >= 11 is 0. The first-order valence-corrected chi connectivity index (χ1v) is 14.4. The highest BCUT2D eigenvalue weighted by Crippen LogP contribution is 2.43. The molecule has 1 spiro atoms. The number of fused-ring (bicyclic) bond motifs is 2. The Balaban J connectivity index is 1.22. The van der Waals surface area contributed by atoms with Gasteiger partial charge in [-0.2, -0.15) is 5.10 Å². The van der Waals surface area contributed by atoms with E-state index in [1.165, 1.54) is 18.2 Å². The Morgan fingerprint density at radius 2 is 1.86 bits per heavy atom. The van der Waals surface area contributed by atoms with Gasteiger partial charge in [-0.3, -0.25) is 19.2 Å². The number of carbonyl (C=O) groups excluding carboxylic acids is 3. The molecule has 2 fully saturated rings. The maximum absolute atomic E-state index is 13.9. The number of aryl methyl sites for hydroxylation is 2. The highest BCUT2D eigenvalue weighted by molar-refractivity contribution is 6.10. The summed E-state index contributed by atoms with van der Waals surface area (Å²) in [7, 11) is 1.84. The van der Waals surface area contributed by atoms with Crippen molar-refractivity contribution in [1.29, 1.82) is 0 Å². The highest BCUT2D eigenvalue weighted by atomic mass is 19.1. The summed E-state index contributed by atoms with van der Waals surface area (Å²) in [4.78, 5) is 54.7. The van der Waals surface area contributed by atoms with Crippen LogP contribution in [0.5, 0.6) is 0 Å². The van der Waals surface area contributed by atoms with Crippen LogP contribution in [0.15, 0.2) is 66.5 Å². The number of hydrogen-bond donors (Lipinski definition) is 2. The van der Waals surface area contributed by atoms with Crippen LogP contribution in [0.1, 0.15) is 48.8 Å². The number of rotatable bonds is 7. The van der Waals surface area contributed by atoms with E-state index >= 15 is 0 Å². The molecule has 4 amide bonds. The van der Waals surface area contributed by atoms with Crippen LogP contribution in [0, 0.1) is 5.82 Å². The molecule has 2 heterocycles. The van der Waals surface area contributed by atoms with E-state index in [1.807, 2.05) is 31.4 Å². The number of carboxylic acid groups (broad SMARTS) is 1. The topological polar surface area (TPSA) is 125 Å². The van der Waals surface area contributed by atoms with Crippen LogP contribution in [0.4, 0.5) is 9.18 Å². The lowest BCUT2D eigenvalue weighted by atomic mass is 9.89. The molecule has 3 aromatic rings. The maximum Gasteiger partial charge on any atom is 0.328 e. The fourth-order valence-electron chi connectivity index (χ4n) is 6.58. The van der Waals surface area contributed by atoms with Crippen molar-refractivity contribution in [1.82, 2.24) is 24.9 Å². The first-order chi connectivity index (χ1) is 20.6. The fraction of sp³-hybridized carbons (Fsp3) is 0.344. The number of allylic oxidation sites excluding steroid dienone is 1. The van der Waals surface area contributed by atoms with Crippen LogP contribution in [-0.4, -0.2) is 61.1 Å². The third kappa shape index (κ3) is 5.42. The highest BCUT2D eigenvalue weighted by Gasteiger charge is 2.55. The third-order valence-corrected chi connectivity index (χ3v) is 8.79. The molecule has 11 heteroatoms. The fourth-order valence-corrected chi connectivity index (χ4v) is 6.58. The summed E-state index contributed by atoms with van der Waals surface area (Å²) in [6.45, 7) is -0.248. The Morgan fingerprint density at radius 1 is 1.12 bits per heavy atom. The van der Waals surface area contributed by atoms with Crippen LogP contribution >= 0.6 is 0 Å². The lowest BCUT2D eigenvalue weighted by Crippen LogP contribution is -2.48. The molecule has 3 aliphatic rings. The molecule has 1 atom stereocenters. The van der Waals surface area contributed by atoms with Gasteiger partial charge in [-0.05, 0) is 72.9 Å². The van der Waals surface area contributed by atoms with Crippen molar-refractivity contribution in [2.45, 2.75) is 56.7 Å². The molecule has 10 nitrogen and oxygen atoms in total. The van der Waals surface area contributed by atoms with Gasteiger partial charge in [0.05, 0.1) is 6.20 Å². The predicted octanol–water partition coefficient (Wildman–Crippen LogP) is 3.90. The summed E-state index contributed by atoms with van der Waals surface area (Å²) in [5.74, 6) is -2.24. The van der Waals surface area contributed by atoms with E-state index in [4.69, 9.17) is 5.11 Å². The first kappa shape index (κ1) is 28.3. The van der Waals surface area contributed by atoms with Crippen LogP contribution < -0.4 is 5.32 Å². The molecule has 1 saturated heterocycles. The molecule has 1 saturated carbocycles. The second kappa shape index (κ2) is 11.1. The smallest absolute Gasteiger partial charge is 0.328 e. The summed E-state index contributed by atoms with van der Waals surface area (Å²) in [6, 6.07) is 10.8. The van der Waals surface area contributed by atoms with E-state index in [0.717, 1.165) is 32.7 Å². The summed E-state index contributed by atoms with van der Waals surface area (Å²) in [5, 5.41) is 16.2. The number of nitrogens with zero attached hydrogens (tertiary/aromatic N) is 4. The quantitative estimate of drug-likeness (QED) is 0.320. The molecule has 0 unspecified atom stereocenters. The minimum Gasteiger partial charge on any atom is -0.478 e.